The molecule has 14 nitrogen and oxygen atoms in total. The first-order chi connectivity index (χ1) is 15.5. The van der Waals surface area contributed by atoms with Gasteiger partial charge in [0.2, 0.25) is 17.7 Å². The second kappa shape index (κ2) is 13.3. The van der Waals surface area contributed by atoms with Gasteiger partial charge in [-0.3, -0.25) is 24.0 Å². The summed E-state index contributed by atoms with van der Waals surface area (Å²) in [6.07, 6.45) is 0.328. The number of carboxylic acids is 3. The van der Waals surface area contributed by atoms with Crippen molar-refractivity contribution < 1.29 is 44.1 Å². The minimum Gasteiger partial charge on any atom is -0.481 e. The van der Waals surface area contributed by atoms with Crippen LogP contribution in [0.15, 0.2) is 0 Å². The normalized spacial score (nSPS) is 18.1. The van der Waals surface area contributed by atoms with E-state index < -0.39 is 72.6 Å². The van der Waals surface area contributed by atoms with Crippen molar-refractivity contribution in [3.05, 3.63) is 0 Å². The van der Waals surface area contributed by atoms with E-state index in [1.807, 2.05) is 0 Å². The maximum Gasteiger partial charge on any atom is 0.326 e. The number of aliphatic carboxylic acids is 3. The van der Waals surface area contributed by atoms with Gasteiger partial charge in [0.05, 0.1) is 18.9 Å². The molecule has 1 heterocycles. The molecule has 3 amide bonds. The number of nitrogens with two attached hydrogens (primary N) is 2. The summed E-state index contributed by atoms with van der Waals surface area (Å²) in [6.45, 7) is 0.513. The summed E-state index contributed by atoms with van der Waals surface area (Å²) in [5.41, 5.74) is 11.1. The Balaban J connectivity index is 2.92. The van der Waals surface area contributed by atoms with Gasteiger partial charge in [-0.1, -0.05) is 0 Å². The molecule has 4 unspecified atom stereocenters. The fourth-order valence-corrected chi connectivity index (χ4v) is 3.47. The quantitative estimate of drug-likeness (QED) is 0.129. The van der Waals surface area contributed by atoms with Crippen LogP contribution in [0.2, 0.25) is 0 Å². The van der Waals surface area contributed by atoms with Crippen LogP contribution >= 0.6 is 0 Å². The zero-order valence-electron chi connectivity index (χ0n) is 18.1. The predicted molar refractivity (Wildman–Crippen MR) is 112 cm³/mol. The van der Waals surface area contributed by atoms with Gasteiger partial charge in [0.15, 0.2) is 0 Å². The van der Waals surface area contributed by atoms with Gasteiger partial charge in [0, 0.05) is 6.54 Å². The highest BCUT2D eigenvalue weighted by Crippen LogP contribution is 2.19. The van der Waals surface area contributed by atoms with Crippen molar-refractivity contribution >= 4 is 35.6 Å². The number of hydrogen-bond donors (Lipinski definition) is 7. The van der Waals surface area contributed by atoms with Crippen molar-refractivity contribution in [3.63, 3.8) is 0 Å². The van der Waals surface area contributed by atoms with Gasteiger partial charge >= 0.3 is 17.9 Å². The molecule has 0 aromatic carbocycles. The van der Waals surface area contributed by atoms with Gasteiger partial charge in [-0.05, 0) is 38.6 Å². The molecule has 33 heavy (non-hydrogen) atoms. The van der Waals surface area contributed by atoms with Gasteiger partial charge in [-0.25, -0.2) is 4.79 Å². The lowest BCUT2D eigenvalue weighted by atomic mass is 10.1. The molecular formula is C19H31N5O9. The Morgan fingerprint density at radius 2 is 1.58 bits per heavy atom. The first kappa shape index (κ1) is 27.8. The summed E-state index contributed by atoms with van der Waals surface area (Å²) in [4.78, 5) is 72.1. The second-order valence-corrected chi connectivity index (χ2v) is 7.74. The Morgan fingerprint density at radius 1 is 0.939 bits per heavy atom. The number of hydrogen-bond acceptors (Lipinski definition) is 8. The van der Waals surface area contributed by atoms with Gasteiger partial charge in [-0.15, -0.1) is 0 Å². The van der Waals surface area contributed by atoms with Crippen LogP contribution in [0.3, 0.4) is 0 Å². The van der Waals surface area contributed by atoms with Gasteiger partial charge in [0.1, 0.15) is 18.1 Å². The molecule has 14 heteroatoms. The molecule has 186 valence electrons. The van der Waals surface area contributed by atoms with Crippen LogP contribution in [-0.4, -0.2) is 93.1 Å². The zero-order valence-corrected chi connectivity index (χ0v) is 18.1. The Bertz CT molecular complexity index is 760. The van der Waals surface area contributed by atoms with E-state index in [-0.39, 0.29) is 19.4 Å². The minimum atomic E-state index is -1.69. The third kappa shape index (κ3) is 9.02. The van der Waals surface area contributed by atoms with E-state index in [0.29, 0.717) is 25.8 Å². The van der Waals surface area contributed by atoms with E-state index in [2.05, 4.69) is 10.6 Å². The molecule has 1 aliphatic heterocycles. The van der Waals surface area contributed by atoms with Crippen LogP contribution in [0.4, 0.5) is 0 Å². The molecule has 0 spiro atoms. The van der Waals surface area contributed by atoms with E-state index in [9.17, 15) is 28.8 Å². The summed E-state index contributed by atoms with van der Waals surface area (Å²) in [6, 6.07) is -5.18. The largest absolute Gasteiger partial charge is 0.481 e. The summed E-state index contributed by atoms with van der Waals surface area (Å²) < 4.78 is 0. The zero-order chi connectivity index (χ0) is 25.1. The van der Waals surface area contributed by atoms with Crippen LogP contribution < -0.4 is 22.1 Å². The highest BCUT2D eigenvalue weighted by molar-refractivity contribution is 5.95. The molecule has 1 rings (SSSR count). The number of carboxylic acid groups (broad SMARTS) is 3. The Labute approximate surface area is 189 Å². The Kier molecular flexibility index (Phi) is 11.2. The highest BCUT2D eigenvalue weighted by Gasteiger charge is 2.38. The standard InChI is InChI=1S/C19H31N5O9/c20-6-2-1-4-11(16(29)23-12(19(32)33)9-15(27)28)22-17(30)13-5-3-7-24(13)18(31)10(21)8-14(25)26/h10-13H,1-9,20-21H2,(H,22,30)(H,23,29)(H,25,26)(H,27,28)(H,32,33). The molecule has 9 N–H and O–H groups in total. The summed E-state index contributed by atoms with van der Waals surface area (Å²) >= 11 is 0. The smallest absolute Gasteiger partial charge is 0.326 e. The number of likely N-dealkylation sites (tertiary alicyclic amines) is 1. The maximum atomic E-state index is 12.9. The van der Waals surface area contributed by atoms with E-state index in [0.717, 1.165) is 0 Å². The molecule has 0 aromatic heterocycles. The summed E-state index contributed by atoms with van der Waals surface area (Å²) in [5, 5.41) is 31.4. The Hall–Kier alpha value is -3.26. The van der Waals surface area contributed by atoms with Crippen molar-refractivity contribution in [3.8, 4) is 0 Å². The number of nitrogens with one attached hydrogen (secondary N) is 2. The molecule has 0 aliphatic carbocycles. The molecule has 0 saturated carbocycles. The summed E-state index contributed by atoms with van der Waals surface area (Å²) in [5.74, 6) is -6.50. The fraction of sp³-hybridized carbons (Fsp3) is 0.684. The van der Waals surface area contributed by atoms with Crippen molar-refractivity contribution in [2.75, 3.05) is 13.1 Å². The predicted octanol–water partition coefficient (Wildman–Crippen LogP) is -2.56. The molecule has 4 atom stereocenters. The first-order valence-corrected chi connectivity index (χ1v) is 10.5. The van der Waals surface area contributed by atoms with Crippen LogP contribution in [0.5, 0.6) is 0 Å². The maximum absolute atomic E-state index is 12.9. The van der Waals surface area contributed by atoms with Crippen molar-refractivity contribution in [1.29, 1.82) is 0 Å². The van der Waals surface area contributed by atoms with Gasteiger partial charge in [0.25, 0.3) is 0 Å². The minimum absolute atomic E-state index is 0.105. The molecule has 0 bridgehead atoms. The van der Waals surface area contributed by atoms with E-state index in [4.69, 9.17) is 26.8 Å². The highest BCUT2D eigenvalue weighted by atomic mass is 16.4. The lowest BCUT2D eigenvalue weighted by molar-refractivity contribution is -0.147. The average Bonchev–Trinajstić information content (AvgIpc) is 3.20. The second-order valence-electron chi connectivity index (χ2n) is 7.74. The van der Waals surface area contributed by atoms with E-state index in [1.54, 1.807) is 0 Å². The van der Waals surface area contributed by atoms with Crippen molar-refractivity contribution in [2.45, 2.75) is 69.1 Å². The van der Waals surface area contributed by atoms with E-state index >= 15 is 0 Å². The van der Waals surface area contributed by atoms with Gasteiger partial charge < -0.3 is 42.3 Å². The average molecular weight is 473 g/mol. The molecule has 0 aromatic rings. The Morgan fingerprint density at radius 3 is 2.12 bits per heavy atom. The van der Waals surface area contributed by atoms with Crippen LogP contribution in [0.1, 0.15) is 44.9 Å². The van der Waals surface area contributed by atoms with E-state index in [1.165, 1.54) is 4.90 Å². The summed E-state index contributed by atoms with van der Waals surface area (Å²) in [7, 11) is 0. The molecule has 1 fully saturated rings. The number of unbranched alkanes of at least 4 members (excludes halogenated alkanes) is 1. The fourth-order valence-electron chi connectivity index (χ4n) is 3.47. The van der Waals surface area contributed by atoms with Crippen LogP contribution in [-0.2, 0) is 28.8 Å². The van der Waals surface area contributed by atoms with Crippen molar-refractivity contribution in [1.82, 2.24) is 15.5 Å². The third-order valence-corrected chi connectivity index (χ3v) is 5.12. The number of amides is 3. The molecule has 1 saturated heterocycles. The third-order valence-electron chi connectivity index (χ3n) is 5.12. The molecular weight excluding hydrogens is 442 g/mol. The van der Waals surface area contributed by atoms with Crippen molar-refractivity contribution in [2.24, 2.45) is 11.5 Å². The monoisotopic (exact) mass is 473 g/mol. The molecule has 1 aliphatic rings. The number of carbonyl (C=O) groups is 6. The lowest BCUT2D eigenvalue weighted by Gasteiger charge is -2.28. The lowest BCUT2D eigenvalue weighted by Crippen LogP contribution is -2.56. The first-order valence-electron chi connectivity index (χ1n) is 10.5. The molecule has 0 radical (unpaired) electrons. The van der Waals surface area contributed by atoms with Crippen LogP contribution in [0.25, 0.3) is 0 Å². The topological polar surface area (TPSA) is 242 Å². The number of rotatable bonds is 14. The van der Waals surface area contributed by atoms with Crippen LogP contribution in [0, 0.1) is 0 Å². The number of carbonyl (C=O) groups excluding carboxylic acids is 3. The van der Waals surface area contributed by atoms with Gasteiger partial charge in [-0.2, -0.15) is 0 Å². The number of nitrogens with zero attached hydrogens (tertiary/aromatic N) is 1. The SMILES string of the molecule is NCCCCC(NC(=O)C1CCCN1C(=O)C(N)CC(=O)O)C(=O)NC(CC(=O)O)C(=O)O.